The van der Waals surface area contributed by atoms with Crippen LogP contribution in [0.3, 0.4) is 0 Å². The molecular weight excluding hydrogens is 242 g/mol. The summed E-state index contributed by atoms with van der Waals surface area (Å²) in [5, 5.41) is 13.8. The summed E-state index contributed by atoms with van der Waals surface area (Å²) in [6.45, 7) is 4.99. The van der Waals surface area contributed by atoms with Crippen molar-refractivity contribution in [1.29, 1.82) is 0 Å². The Morgan fingerprint density at radius 3 is 2.35 bits per heavy atom. The summed E-state index contributed by atoms with van der Waals surface area (Å²) in [5.74, 6) is 0. The van der Waals surface area contributed by atoms with Gasteiger partial charge in [-0.1, -0.05) is 12.1 Å². The number of nitrogens with one attached hydrogen (secondary N) is 1. The Morgan fingerprint density at radius 1 is 1.24 bits per heavy atom. The Hall–Kier alpha value is -1.17. The first-order valence-electron chi connectivity index (χ1n) is 5.42. The van der Waals surface area contributed by atoms with Crippen LogP contribution in [0.4, 0.5) is 5.69 Å². The van der Waals surface area contributed by atoms with Gasteiger partial charge in [0.2, 0.25) is 0 Å². The Labute approximate surface area is 106 Å². The Balaban J connectivity index is 0.00000144. The average molecular weight is 258 g/mol. The molecule has 0 aliphatic carbocycles. The van der Waals surface area contributed by atoms with Gasteiger partial charge in [0.15, 0.2) is 0 Å². The van der Waals surface area contributed by atoms with Crippen LogP contribution in [-0.2, 0) is 6.54 Å². The number of hydrogen-bond acceptors (Lipinski definition) is 4. The number of benzene rings is 1. The molecule has 1 N–H and O–H groups in total. The average Bonchev–Trinajstić information content (AvgIpc) is 2.31. The molecule has 5 nitrogen and oxygen atoms in total. The zero-order valence-corrected chi connectivity index (χ0v) is 10.3. The molecule has 0 radical (unpaired) electrons. The van der Waals surface area contributed by atoms with Gasteiger partial charge in [-0.05, 0) is 5.56 Å². The minimum absolute atomic E-state index is 0. The molecule has 2 rings (SSSR count). The number of rotatable bonds is 3. The Kier molecular flexibility index (Phi) is 5.34. The molecule has 1 aliphatic rings. The van der Waals surface area contributed by atoms with Gasteiger partial charge in [0, 0.05) is 44.9 Å². The van der Waals surface area contributed by atoms with Crippen molar-refractivity contribution in [1.82, 2.24) is 10.2 Å². The lowest BCUT2D eigenvalue weighted by Crippen LogP contribution is -2.42. The van der Waals surface area contributed by atoms with Gasteiger partial charge in [-0.3, -0.25) is 15.0 Å². The lowest BCUT2D eigenvalue weighted by Gasteiger charge is -2.27. The highest BCUT2D eigenvalue weighted by Gasteiger charge is 2.10. The number of non-ortho nitro benzene ring substituents is 1. The fourth-order valence-electron chi connectivity index (χ4n) is 1.85. The topological polar surface area (TPSA) is 58.4 Å². The maximum atomic E-state index is 10.5. The minimum Gasteiger partial charge on any atom is -0.314 e. The van der Waals surface area contributed by atoms with Crippen LogP contribution in [0.15, 0.2) is 24.3 Å². The molecule has 1 fully saturated rings. The van der Waals surface area contributed by atoms with Crippen LogP contribution >= 0.6 is 12.4 Å². The number of hydrogen-bond donors (Lipinski definition) is 1. The van der Waals surface area contributed by atoms with Crippen LogP contribution in [0.25, 0.3) is 0 Å². The van der Waals surface area contributed by atoms with Gasteiger partial charge in [0.25, 0.3) is 5.69 Å². The van der Waals surface area contributed by atoms with E-state index in [0.29, 0.717) is 0 Å². The van der Waals surface area contributed by atoms with Crippen molar-refractivity contribution in [3.63, 3.8) is 0 Å². The molecule has 1 heterocycles. The Morgan fingerprint density at radius 2 is 1.82 bits per heavy atom. The number of piperazine rings is 1. The van der Waals surface area contributed by atoms with Crippen LogP contribution in [0.5, 0.6) is 0 Å². The second-order valence-corrected chi connectivity index (χ2v) is 3.95. The summed E-state index contributed by atoms with van der Waals surface area (Å²) in [6, 6.07) is 6.80. The maximum absolute atomic E-state index is 10.5. The number of nitrogens with zero attached hydrogens (tertiary/aromatic N) is 2. The molecule has 0 unspecified atom stereocenters. The van der Waals surface area contributed by atoms with Crippen molar-refractivity contribution in [3.05, 3.63) is 39.9 Å². The summed E-state index contributed by atoms with van der Waals surface area (Å²) in [5.41, 5.74) is 1.29. The molecule has 0 aromatic heterocycles. The number of halogens is 1. The zero-order chi connectivity index (χ0) is 11.4. The summed E-state index contributed by atoms with van der Waals surface area (Å²) < 4.78 is 0. The first kappa shape index (κ1) is 13.9. The van der Waals surface area contributed by atoms with Crippen LogP contribution in [0, 0.1) is 10.1 Å². The van der Waals surface area contributed by atoms with Crippen molar-refractivity contribution >= 4 is 18.1 Å². The highest BCUT2D eigenvalue weighted by Crippen LogP contribution is 2.13. The van der Waals surface area contributed by atoms with E-state index in [2.05, 4.69) is 10.2 Å². The van der Waals surface area contributed by atoms with Gasteiger partial charge in [-0.2, -0.15) is 0 Å². The van der Waals surface area contributed by atoms with Crippen molar-refractivity contribution in [2.45, 2.75) is 6.54 Å². The lowest BCUT2D eigenvalue weighted by molar-refractivity contribution is -0.384. The predicted octanol–water partition coefficient (Wildman–Crippen LogP) is 1.42. The molecule has 0 amide bonds. The van der Waals surface area contributed by atoms with E-state index in [1.165, 1.54) is 0 Å². The number of nitro groups is 1. The fraction of sp³-hybridized carbons (Fsp3) is 0.455. The smallest absolute Gasteiger partial charge is 0.269 e. The van der Waals surface area contributed by atoms with E-state index in [-0.39, 0.29) is 23.0 Å². The van der Waals surface area contributed by atoms with Crippen LogP contribution in [0.2, 0.25) is 0 Å². The largest absolute Gasteiger partial charge is 0.314 e. The molecule has 1 aromatic rings. The highest BCUT2D eigenvalue weighted by molar-refractivity contribution is 5.85. The third-order valence-corrected chi connectivity index (χ3v) is 2.76. The molecular formula is C11H16ClN3O2. The highest BCUT2D eigenvalue weighted by atomic mass is 35.5. The first-order valence-corrected chi connectivity index (χ1v) is 5.42. The maximum Gasteiger partial charge on any atom is 0.269 e. The summed E-state index contributed by atoms with van der Waals surface area (Å²) in [6.07, 6.45) is 0. The van der Waals surface area contributed by atoms with E-state index >= 15 is 0 Å². The van der Waals surface area contributed by atoms with E-state index in [9.17, 15) is 10.1 Å². The molecule has 1 saturated heterocycles. The lowest BCUT2D eigenvalue weighted by atomic mass is 10.2. The molecule has 0 bridgehead atoms. The van der Waals surface area contributed by atoms with Crippen LogP contribution in [0.1, 0.15) is 5.56 Å². The second kappa shape index (κ2) is 6.54. The molecule has 94 valence electrons. The van der Waals surface area contributed by atoms with Gasteiger partial charge < -0.3 is 5.32 Å². The van der Waals surface area contributed by atoms with E-state index in [1.807, 2.05) is 12.1 Å². The van der Waals surface area contributed by atoms with Crippen molar-refractivity contribution in [2.24, 2.45) is 0 Å². The van der Waals surface area contributed by atoms with E-state index in [1.54, 1.807) is 12.1 Å². The standard InChI is InChI=1S/C11H15N3O2.ClH/c15-14(16)11-3-1-10(2-4-11)9-13-7-5-12-6-8-13;/h1-4,12H,5-9H2;1H. The van der Waals surface area contributed by atoms with Gasteiger partial charge in [0.1, 0.15) is 0 Å². The summed E-state index contributed by atoms with van der Waals surface area (Å²) in [4.78, 5) is 12.5. The predicted molar refractivity (Wildman–Crippen MR) is 68.5 cm³/mol. The van der Waals surface area contributed by atoms with Gasteiger partial charge in [0.05, 0.1) is 4.92 Å². The van der Waals surface area contributed by atoms with E-state index in [0.717, 1.165) is 38.3 Å². The number of nitro benzene ring substituents is 1. The summed E-state index contributed by atoms with van der Waals surface area (Å²) in [7, 11) is 0. The van der Waals surface area contributed by atoms with E-state index in [4.69, 9.17) is 0 Å². The third-order valence-electron chi connectivity index (χ3n) is 2.76. The van der Waals surface area contributed by atoms with Crippen molar-refractivity contribution in [3.8, 4) is 0 Å². The second-order valence-electron chi connectivity index (χ2n) is 3.95. The monoisotopic (exact) mass is 257 g/mol. The molecule has 0 saturated carbocycles. The fourth-order valence-corrected chi connectivity index (χ4v) is 1.85. The third kappa shape index (κ3) is 3.96. The van der Waals surface area contributed by atoms with Crippen LogP contribution < -0.4 is 5.32 Å². The summed E-state index contributed by atoms with van der Waals surface area (Å²) >= 11 is 0. The first-order chi connectivity index (χ1) is 7.75. The van der Waals surface area contributed by atoms with E-state index < -0.39 is 0 Å². The zero-order valence-electron chi connectivity index (χ0n) is 9.46. The van der Waals surface area contributed by atoms with Crippen molar-refractivity contribution in [2.75, 3.05) is 26.2 Å². The van der Waals surface area contributed by atoms with Gasteiger partial charge in [-0.15, -0.1) is 12.4 Å². The minimum atomic E-state index is -0.366. The quantitative estimate of drug-likeness (QED) is 0.657. The normalized spacial score (nSPS) is 16.2. The molecule has 1 aromatic carbocycles. The molecule has 1 aliphatic heterocycles. The molecule has 0 spiro atoms. The Bertz CT molecular complexity index is 363. The van der Waals surface area contributed by atoms with Crippen molar-refractivity contribution < 1.29 is 4.92 Å². The van der Waals surface area contributed by atoms with Gasteiger partial charge in [-0.25, -0.2) is 0 Å². The van der Waals surface area contributed by atoms with Crippen LogP contribution in [-0.4, -0.2) is 36.0 Å². The van der Waals surface area contributed by atoms with Gasteiger partial charge >= 0.3 is 0 Å². The molecule has 0 atom stereocenters. The molecule has 6 heteroatoms. The molecule has 17 heavy (non-hydrogen) atoms. The SMILES string of the molecule is Cl.O=[N+]([O-])c1ccc(CN2CCNCC2)cc1.